The first-order valence-electron chi connectivity index (χ1n) is 3.79. The molecule has 4 heteroatoms. The lowest BCUT2D eigenvalue weighted by molar-refractivity contribution is -0.154. The SMILES string of the molecule is CC=C[C@H]1[C@@H](OC)C(=O)N1SC. The maximum absolute atomic E-state index is 11.3. The van der Waals surface area contributed by atoms with Crippen molar-refractivity contribution in [3.8, 4) is 0 Å². The van der Waals surface area contributed by atoms with Crippen LogP contribution in [0.4, 0.5) is 0 Å². The van der Waals surface area contributed by atoms with Crippen LogP contribution in [0.25, 0.3) is 0 Å². The quantitative estimate of drug-likeness (QED) is 0.376. The summed E-state index contributed by atoms with van der Waals surface area (Å²) < 4.78 is 6.76. The van der Waals surface area contributed by atoms with Crippen molar-refractivity contribution in [3.63, 3.8) is 0 Å². The molecule has 1 saturated heterocycles. The summed E-state index contributed by atoms with van der Waals surface area (Å²) in [5.41, 5.74) is 0. The van der Waals surface area contributed by atoms with Gasteiger partial charge in [-0.2, -0.15) is 0 Å². The van der Waals surface area contributed by atoms with E-state index in [0.717, 1.165) is 0 Å². The van der Waals surface area contributed by atoms with E-state index in [-0.39, 0.29) is 18.1 Å². The summed E-state index contributed by atoms with van der Waals surface area (Å²) >= 11 is 1.44. The van der Waals surface area contributed by atoms with E-state index in [2.05, 4.69) is 0 Å². The predicted octanol–water partition coefficient (Wildman–Crippen LogP) is 1.07. The van der Waals surface area contributed by atoms with Crippen molar-refractivity contribution in [1.82, 2.24) is 4.31 Å². The minimum atomic E-state index is -0.270. The third-order valence-corrected chi connectivity index (χ3v) is 2.70. The average molecular weight is 187 g/mol. The molecule has 12 heavy (non-hydrogen) atoms. The Bertz CT molecular complexity index is 191. The number of ether oxygens (including phenoxy) is 1. The summed E-state index contributed by atoms with van der Waals surface area (Å²) in [6.45, 7) is 1.94. The van der Waals surface area contributed by atoms with Crippen molar-refractivity contribution in [3.05, 3.63) is 12.2 Å². The minimum absolute atomic E-state index is 0.0631. The van der Waals surface area contributed by atoms with Gasteiger partial charge in [0.15, 0.2) is 6.10 Å². The summed E-state index contributed by atoms with van der Waals surface area (Å²) in [6, 6.07) is 0.113. The normalized spacial score (nSPS) is 29.6. The van der Waals surface area contributed by atoms with Crippen molar-refractivity contribution < 1.29 is 9.53 Å². The van der Waals surface area contributed by atoms with E-state index >= 15 is 0 Å². The molecule has 0 radical (unpaired) electrons. The zero-order valence-corrected chi connectivity index (χ0v) is 8.30. The number of hydrogen-bond acceptors (Lipinski definition) is 3. The molecule has 0 aliphatic carbocycles. The lowest BCUT2D eigenvalue weighted by Crippen LogP contribution is -2.61. The van der Waals surface area contributed by atoms with Crippen LogP contribution in [0.15, 0.2) is 12.2 Å². The van der Waals surface area contributed by atoms with E-state index in [1.165, 1.54) is 11.9 Å². The molecule has 0 bridgehead atoms. The summed E-state index contributed by atoms with van der Waals surface area (Å²) in [4.78, 5) is 11.3. The van der Waals surface area contributed by atoms with Crippen LogP contribution in [0.1, 0.15) is 6.92 Å². The van der Waals surface area contributed by atoms with E-state index in [9.17, 15) is 4.79 Å². The fourth-order valence-corrected chi connectivity index (χ4v) is 2.00. The van der Waals surface area contributed by atoms with Gasteiger partial charge in [0.2, 0.25) is 0 Å². The number of nitrogens with zero attached hydrogens (tertiary/aromatic N) is 1. The zero-order valence-electron chi connectivity index (χ0n) is 7.48. The largest absolute Gasteiger partial charge is 0.369 e. The van der Waals surface area contributed by atoms with Crippen LogP contribution in [-0.4, -0.2) is 35.7 Å². The van der Waals surface area contributed by atoms with Crippen LogP contribution in [0.3, 0.4) is 0 Å². The maximum atomic E-state index is 11.3. The number of hydrogen-bond donors (Lipinski definition) is 0. The molecule has 2 atom stereocenters. The second-order valence-electron chi connectivity index (χ2n) is 2.52. The van der Waals surface area contributed by atoms with Crippen LogP contribution in [-0.2, 0) is 9.53 Å². The predicted molar refractivity (Wildman–Crippen MR) is 49.8 cm³/mol. The highest BCUT2D eigenvalue weighted by Crippen LogP contribution is 2.29. The van der Waals surface area contributed by atoms with Gasteiger partial charge < -0.3 is 4.74 Å². The minimum Gasteiger partial charge on any atom is -0.369 e. The first-order chi connectivity index (χ1) is 5.76. The molecule has 0 spiro atoms. The number of β-lactam (4-membered cyclic amide) rings is 1. The lowest BCUT2D eigenvalue weighted by atomic mass is 10.0. The van der Waals surface area contributed by atoms with Crippen molar-refractivity contribution in [2.45, 2.75) is 19.1 Å². The molecule has 1 rings (SSSR count). The fourth-order valence-electron chi connectivity index (χ4n) is 1.29. The first-order valence-corrected chi connectivity index (χ1v) is 4.97. The van der Waals surface area contributed by atoms with Crippen LogP contribution in [0.2, 0.25) is 0 Å². The van der Waals surface area contributed by atoms with E-state index in [0.29, 0.717) is 0 Å². The lowest BCUT2D eigenvalue weighted by Gasteiger charge is -2.42. The van der Waals surface area contributed by atoms with Crippen LogP contribution >= 0.6 is 11.9 Å². The monoisotopic (exact) mass is 187 g/mol. The molecule has 0 unspecified atom stereocenters. The van der Waals surface area contributed by atoms with Gasteiger partial charge >= 0.3 is 0 Å². The van der Waals surface area contributed by atoms with Crippen LogP contribution in [0.5, 0.6) is 0 Å². The van der Waals surface area contributed by atoms with Gasteiger partial charge in [-0.25, -0.2) is 0 Å². The summed E-state index contributed by atoms with van der Waals surface area (Å²) in [6.07, 6.45) is 5.53. The van der Waals surface area contributed by atoms with E-state index < -0.39 is 0 Å². The van der Waals surface area contributed by atoms with Crippen molar-refractivity contribution >= 4 is 17.9 Å². The Hall–Kier alpha value is -0.480. The molecule has 0 aromatic heterocycles. The molecule has 0 N–H and O–H groups in total. The molecule has 1 heterocycles. The van der Waals surface area contributed by atoms with Crippen LogP contribution in [0, 0.1) is 0 Å². The summed E-state index contributed by atoms with van der Waals surface area (Å²) in [5.74, 6) is 0.0631. The molecule has 1 amide bonds. The number of carbonyl (C=O) groups excluding carboxylic acids is 1. The van der Waals surface area contributed by atoms with Gasteiger partial charge in [-0.05, 0) is 6.92 Å². The van der Waals surface area contributed by atoms with Crippen molar-refractivity contribution in [1.29, 1.82) is 0 Å². The summed E-state index contributed by atoms with van der Waals surface area (Å²) in [7, 11) is 1.57. The Kier molecular flexibility index (Phi) is 3.17. The first kappa shape index (κ1) is 9.61. The van der Waals surface area contributed by atoms with Crippen LogP contribution < -0.4 is 0 Å². The van der Waals surface area contributed by atoms with Gasteiger partial charge in [-0.15, -0.1) is 0 Å². The maximum Gasteiger partial charge on any atom is 0.264 e. The number of rotatable bonds is 3. The van der Waals surface area contributed by atoms with E-state index in [1.54, 1.807) is 11.4 Å². The smallest absolute Gasteiger partial charge is 0.264 e. The second-order valence-corrected chi connectivity index (χ2v) is 3.28. The Labute approximate surface area is 76.9 Å². The molecule has 1 aliphatic heterocycles. The highest BCUT2D eigenvalue weighted by molar-refractivity contribution is 7.96. The number of amides is 1. The van der Waals surface area contributed by atoms with Gasteiger partial charge in [0.25, 0.3) is 5.91 Å². The molecular formula is C8H13NO2S. The number of methoxy groups -OCH3 is 1. The highest BCUT2D eigenvalue weighted by Gasteiger charge is 2.46. The van der Waals surface area contributed by atoms with Gasteiger partial charge in [-0.3, -0.25) is 9.10 Å². The highest BCUT2D eigenvalue weighted by atomic mass is 32.2. The molecule has 0 aromatic carbocycles. The second kappa shape index (κ2) is 3.96. The Balaban J connectivity index is 2.63. The van der Waals surface area contributed by atoms with Gasteiger partial charge in [0.05, 0.1) is 6.04 Å². The average Bonchev–Trinajstić information content (AvgIpc) is 2.06. The Morgan fingerprint density at radius 3 is 2.75 bits per heavy atom. The van der Waals surface area contributed by atoms with E-state index in [1.807, 2.05) is 25.3 Å². The summed E-state index contributed by atoms with van der Waals surface area (Å²) in [5, 5.41) is 0. The third kappa shape index (κ3) is 1.36. The Morgan fingerprint density at radius 2 is 2.33 bits per heavy atom. The van der Waals surface area contributed by atoms with Crippen molar-refractivity contribution in [2.24, 2.45) is 0 Å². The number of carbonyl (C=O) groups is 1. The third-order valence-electron chi connectivity index (χ3n) is 1.88. The molecular weight excluding hydrogens is 174 g/mol. The molecule has 1 fully saturated rings. The van der Waals surface area contributed by atoms with Crippen molar-refractivity contribution in [2.75, 3.05) is 13.4 Å². The number of allylic oxidation sites excluding steroid dienone is 1. The standard InChI is InChI=1S/C8H13NO2S/c1-4-5-6-7(11-2)8(10)9(6)12-3/h4-7H,1-3H3/t6-,7+/m0/s1. The molecule has 0 aromatic rings. The molecule has 3 nitrogen and oxygen atoms in total. The topological polar surface area (TPSA) is 29.5 Å². The van der Waals surface area contributed by atoms with Gasteiger partial charge in [0.1, 0.15) is 0 Å². The fraction of sp³-hybridized carbons (Fsp3) is 0.625. The van der Waals surface area contributed by atoms with E-state index in [4.69, 9.17) is 4.74 Å². The molecule has 0 saturated carbocycles. The molecule has 68 valence electrons. The van der Waals surface area contributed by atoms with Gasteiger partial charge in [0, 0.05) is 13.4 Å². The Morgan fingerprint density at radius 1 is 1.67 bits per heavy atom. The molecule has 1 aliphatic rings. The zero-order chi connectivity index (χ0) is 9.14. The van der Waals surface area contributed by atoms with Gasteiger partial charge in [-0.1, -0.05) is 24.1 Å².